The second kappa shape index (κ2) is 10.1. The Kier molecular flexibility index (Phi) is 7.44. The number of benzene rings is 2. The molecule has 3 nitrogen and oxygen atoms in total. The van der Waals surface area contributed by atoms with Crippen molar-refractivity contribution in [1.82, 2.24) is 0 Å². The summed E-state index contributed by atoms with van der Waals surface area (Å²) < 4.78 is 7.07. The lowest BCUT2D eigenvalue weighted by atomic mass is 9.52. The number of fused-ring (bicyclic) bond motifs is 1. The maximum atomic E-state index is 10.9. The molecule has 4 rings (SSSR count). The van der Waals surface area contributed by atoms with Crippen molar-refractivity contribution in [2.45, 2.75) is 90.3 Å². The standard InChI is InChI=1S/C33H44O3/c1-7-10-23-12-14-28(34)26(20-23)27-21-24(11-8-2)13-15-29(27)36-33(6)18-9-17-32(5)19-16-25(22-30(32)33)31(3,4)35/h7-8,12-15,20-21,25,30,34-35H,1-2,9-11,16-19,22H2,3-6H3/t25-,30-,32-,33-/m1/s1. The summed E-state index contributed by atoms with van der Waals surface area (Å²) in [6, 6.07) is 12.1. The van der Waals surface area contributed by atoms with E-state index in [1.165, 1.54) is 6.42 Å². The van der Waals surface area contributed by atoms with E-state index in [-0.39, 0.29) is 22.7 Å². The highest BCUT2D eigenvalue weighted by molar-refractivity contribution is 5.77. The van der Waals surface area contributed by atoms with Gasteiger partial charge in [0.2, 0.25) is 0 Å². The largest absolute Gasteiger partial charge is 0.507 e. The smallest absolute Gasteiger partial charge is 0.128 e. The van der Waals surface area contributed by atoms with E-state index in [1.807, 2.05) is 32.1 Å². The molecule has 3 heteroatoms. The molecule has 2 aromatic rings. The predicted octanol–water partition coefficient (Wildman–Crippen LogP) is 8.03. The van der Waals surface area contributed by atoms with Gasteiger partial charge in [0, 0.05) is 17.0 Å². The van der Waals surface area contributed by atoms with Crippen molar-refractivity contribution in [2.75, 3.05) is 0 Å². The van der Waals surface area contributed by atoms with Gasteiger partial charge in [-0.1, -0.05) is 31.2 Å². The summed E-state index contributed by atoms with van der Waals surface area (Å²) in [4.78, 5) is 0. The quantitative estimate of drug-likeness (QED) is 0.370. The van der Waals surface area contributed by atoms with Gasteiger partial charge in [0.1, 0.15) is 17.1 Å². The highest BCUT2D eigenvalue weighted by Gasteiger charge is 2.54. The number of hydrogen-bond donors (Lipinski definition) is 2. The van der Waals surface area contributed by atoms with Crippen LogP contribution in [0.4, 0.5) is 0 Å². The van der Waals surface area contributed by atoms with Crippen LogP contribution < -0.4 is 4.74 Å². The highest BCUT2D eigenvalue weighted by atomic mass is 16.5. The first kappa shape index (κ1) is 26.5. The second-order valence-electron chi connectivity index (χ2n) is 12.3. The Balaban J connectivity index is 1.77. The van der Waals surface area contributed by atoms with Gasteiger partial charge in [-0.3, -0.25) is 0 Å². The van der Waals surface area contributed by atoms with Crippen LogP contribution in [0.1, 0.15) is 77.3 Å². The van der Waals surface area contributed by atoms with Crippen molar-refractivity contribution in [3.63, 3.8) is 0 Å². The Morgan fingerprint density at radius 3 is 2.25 bits per heavy atom. The number of ether oxygens (including phenoxy) is 1. The molecule has 4 atom stereocenters. The van der Waals surface area contributed by atoms with Gasteiger partial charge in [-0.05, 0) is 119 Å². The van der Waals surface area contributed by atoms with Crippen LogP contribution in [-0.2, 0) is 12.8 Å². The fraction of sp³-hybridized carbons (Fsp3) is 0.515. The molecule has 194 valence electrons. The molecule has 2 saturated carbocycles. The van der Waals surface area contributed by atoms with E-state index in [1.54, 1.807) is 6.07 Å². The Bertz CT molecular complexity index is 1110. The van der Waals surface area contributed by atoms with Crippen LogP contribution in [0.5, 0.6) is 11.5 Å². The van der Waals surface area contributed by atoms with Gasteiger partial charge in [-0.15, -0.1) is 13.2 Å². The molecule has 0 radical (unpaired) electrons. The zero-order valence-corrected chi connectivity index (χ0v) is 22.6. The van der Waals surface area contributed by atoms with Crippen molar-refractivity contribution < 1.29 is 14.9 Å². The first-order valence-corrected chi connectivity index (χ1v) is 13.6. The van der Waals surface area contributed by atoms with E-state index in [2.05, 4.69) is 51.3 Å². The van der Waals surface area contributed by atoms with Crippen LogP contribution in [-0.4, -0.2) is 21.4 Å². The zero-order chi connectivity index (χ0) is 26.1. The molecule has 0 bridgehead atoms. The van der Waals surface area contributed by atoms with E-state index >= 15 is 0 Å². The number of rotatable bonds is 8. The predicted molar refractivity (Wildman–Crippen MR) is 149 cm³/mol. The van der Waals surface area contributed by atoms with Crippen LogP contribution in [0.25, 0.3) is 11.1 Å². The molecule has 0 heterocycles. The molecule has 0 spiro atoms. The van der Waals surface area contributed by atoms with E-state index in [0.29, 0.717) is 5.92 Å². The Labute approximate surface area is 217 Å². The van der Waals surface area contributed by atoms with E-state index < -0.39 is 5.60 Å². The first-order chi connectivity index (χ1) is 17.0. The van der Waals surface area contributed by atoms with Crippen molar-refractivity contribution in [1.29, 1.82) is 0 Å². The fourth-order valence-corrected chi connectivity index (χ4v) is 6.95. The van der Waals surface area contributed by atoms with Crippen molar-refractivity contribution >= 4 is 0 Å². The molecule has 2 aliphatic rings. The molecule has 0 saturated heterocycles. The molecule has 0 unspecified atom stereocenters. The number of aromatic hydroxyl groups is 1. The topological polar surface area (TPSA) is 49.7 Å². The first-order valence-electron chi connectivity index (χ1n) is 13.6. The number of allylic oxidation sites excluding steroid dienone is 2. The molecule has 36 heavy (non-hydrogen) atoms. The molecule has 2 aromatic carbocycles. The van der Waals surface area contributed by atoms with Gasteiger partial charge in [0.15, 0.2) is 0 Å². The SMILES string of the molecule is C=CCc1ccc(O)c(-c2cc(CC=C)ccc2O[C@]2(C)CCC[C@]3(C)CC[C@@H](C(C)(C)O)C[C@H]32)c1. The van der Waals surface area contributed by atoms with Gasteiger partial charge in [0.25, 0.3) is 0 Å². The lowest BCUT2D eigenvalue weighted by Gasteiger charge is -2.57. The lowest BCUT2D eigenvalue weighted by molar-refractivity contribution is -0.131. The fourth-order valence-electron chi connectivity index (χ4n) is 6.95. The maximum absolute atomic E-state index is 10.9. The van der Waals surface area contributed by atoms with Gasteiger partial charge < -0.3 is 14.9 Å². The average Bonchev–Trinajstić information content (AvgIpc) is 2.81. The summed E-state index contributed by atoms with van der Waals surface area (Å²) in [7, 11) is 0. The summed E-state index contributed by atoms with van der Waals surface area (Å²) in [5.41, 5.74) is 3.13. The summed E-state index contributed by atoms with van der Waals surface area (Å²) in [6.45, 7) is 16.4. The van der Waals surface area contributed by atoms with E-state index in [4.69, 9.17) is 4.74 Å². The molecule has 0 amide bonds. The summed E-state index contributed by atoms with van der Waals surface area (Å²) >= 11 is 0. The van der Waals surface area contributed by atoms with Crippen LogP contribution in [0.3, 0.4) is 0 Å². The highest BCUT2D eigenvalue weighted by Crippen LogP contribution is 2.58. The molecule has 0 aliphatic heterocycles. The monoisotopic (exact) mass is 488 g/mol. The van der Waals surface area contributed by atoms with Gasteiger partial charge >= 0.3 is 0 Å². The van der Waals surface area contributed by atoms with E-state index in [9.17, 15) is 10.2 Å². The number of phenolic OH excluding ortho intramolecular Hbond substituents is 1. The number of phenols is 1. The Morgan fingerprint density at radius 1 is 0.972 bits per heavy atom. The minimum absolute atomic E-state index is 0.212. The second-order valence-corrected chi connectivity index (χ2v) is 12.3. The third kappa shape index (κ3) is 5.27. The summed E-state index contributed by atoms with van der Waals surface area (Å²) in [5.74, 6) is 1.68. The maximum Gasteiger partial charge on any atom is 0.128 e. The minimum Gasteiger partial charge on any atom is -0.507 e. The van der Waals surface area contributed by atoms with Crippen LogP contribution in [0.15, 0.2) is 61.7 Å². The molecule has 2 fully saturated rings. The zero-order valence-electron chi connectivity index (χ0n) is 22.6. The third-order valence-corrected chi connectivity index (χ3v) is 9.08. The van der Waals surface area contributed by atoms with Crippen molar-refractivity contribution in [2.24, 2.45) is 17.3 Å². The molecule has 0 aromatic heterocycles. The summed E-state index contributed by atoms with van der Waals surface area (Å²) in [6.07, 6.45) is 11.8. The van der Waals surface area contributed by atoms with Gasteiger partial charge in [-0.25, -0.2) is 0 Å². The molecular formula is C33H44O3. The van der Waals surface area contributed by atoms with Crippen molar-refractivity contribution in [3.8, 4) is 22.6 Å². The Morgan fingerprint density at radius 2 is 1.61 bits per heavy atom. The third-order valence-electron chi connectivity index (χ3n) is 9.08. The van der Waals surface area contributed by atoms with E-state index in [0.717, 1.165) is 72.9 Å². The van der Waals surface area contributed by atoms with Crippen molar-refractivity contribution in [3.05, 3.63) is 72.8 Å². The normalized spacial score (nSPS) is 28.2. The van der Waals surface area contributed by atoms with Crippen LogP contribution in [0, 0.1) is 17.3 Å². The van der Waals surface area contributed by atoms with Gasteiger partial charge in [0.05, 0.1) is 5.60 Å². The lowest BCUT2D eigenvalue weighted by Crippen LogP contribution is -2.56. The van der Waals surface area contributed by atoms with Gasteiger partial charge in [-0.2, -0.15) is 0 Å². The van der Waals surface area contributed by atoms with Crippen LogP contribution in [0.2, 0.25) is 0 Å². The van der Waals surface area contributed by atoms with Crippen LogP contribution >= 0.6 is 0 Å². The minimum atomic E-state index is -0.686. The summed E-state index contributed by atoms with van der Waals surface area (Å²) in [5, 5.41) is 21.8. The molecular weight excluding hydrogens is 444 g/mol. The number of hydrogen-bond acceptors (Lipinski definition) is 3. The molecule has 2 N–H and O–H groups in total. The average molecular weight is 489 g/mol. The molecule has 2 aliphatic carbocycles. The Hall–Kier alpha value is -2.52. The number of aliphatic hydroxyl groups is 1.